The largest absolute Gasteiger partial charge is 0.511 e. The summed E-state index contributed by atoms with van der Waals surface area (Å²) in [4.78, 5) is 43.2. The maximum Gasteiger partial charge on any atom is 0.255 e. The van der Waals surface area contributed by atoms with Crippen LogP contribution in [0.5, 0.6) is 5.75 Å². The van der Waals surface area contributed by atoms with Gasteiger partial charge in [-0.15, -0.1) is 0 Å². The normalized spacial score (nSPS) is 28.1. The van der Waals surface area contributed by atoms with Gasteiger partial charge >= 0.3 is 0 Å². The number of phenols is 1. The Labute approximate surface area is 241 Å². The second-order valence-electron chi connectivity index (χ2n) is 12.0. The van der Waals surface area contributed by atoms with Crippen molar-refractivity contribution in [3.8, 4) is 17.1 Å². The first-order valence-corrected chi connectivity index (χ1v) is 14.2. The van der Waals surface area contributed by atoms with Crippen molar-refractivity contribution in [1.82, 2.24) is 9.80 Å². The van der Waals surface area contributed by atoms with Crippen molar-refractivity contribution < 1.29 is 38.5 Å². The van der Waals surface area contributed by atoms with Gasteiger partial charge in [-0.25, -0.2) is 4.39 Å². The van der Waals surface area contributed by atoms with Crippen molar-refractivity contribution in [1.29, 1.82) is 0 Å². The Morgan fingerprint density at radius 1 is 1.17 bits per heavy atom. The maximum atomic E-state index is 14.1. The molecule has 1 saturated heterocycles. The number of hydrogen-bond acceptors (Lipinski definition) is 9. The summed E-state index contributed by atoms with van der Waals surface area (Å²) in [5.41, 5.74) is 6.91. The highest BCUT2D eigenvalue weighted by Crippen LogP contribution is 2.51. The number of carbonyl (C=O) groups is 3. The molecule has 2 aromatic rings. The molecule has 5 N–H and O–H groups in total. The van der Waals surface area contributed by atoms with Gasteiger partial charge in [-0.2, -0.15) is 0 Å². The minimum atomic E-state index is -1.24. The van der Waals surface area contributed by atoms with Gasteiger partial charge in [0.15, 0.2) is 11.6 Å². The molecule has 0 spiro atoms. The lowest BCUT2D eigenvalue weighted by Gasteiger charge is -2.46. The molecular weight excluding hydrogens is 545 g/mol. The number of ketones is 2. The number of Topliss-reactive ketones (excluding diaryl/α,β-unsaturated/α-hetero) is 2. The Bertz CT molecular complexity index is 1560. The maximum absolute atomic E-state index is 14.1. The lowest BCUT2D eigenvalue weighted by atomic mass is 9.60. The van der Waals surface area contributed by atoms with Crippen LogP contribution in [-0.2, 0) is 22.6 Å². The Balaban J connectivity index is 1.43. The summed E-state index contributed by atoms with van der Waals surface area (Å²) in [6.07, 6.45) is 2.49. The smallest absolute Gasteiger partial charge is 0.255 e. The quantitative estimate of drug-likeness (QED) is 0.391. The number of piperidine rings is 1. The number of likely N-dealkylation sites (tertiary alicyclic amines) is 1. The van der Waals surface area contributed by atoms with E-state index in [1.807, 2.05) is 11.0 Å². The van der Waals surface area contributed by atoms with Gasteiger partial charge in [-0.1, -0.05) is 0 Å². The van der Waals surface area contributed by atoms with Crippen molar-refractivity contribution in [2.75, 3.05) is 27.2 Å². The molecule has 6 rings (SSSR count). The van der Waals surface area contributed by atoms with Gasteiger partial charge in [0.05, 0.1) is 23.8 Å². The van der Waals surface area contributed by atoms with E-state index in [1.54, 1.807) is 31.3 Å². The van der Waals surface area contributed by atoms with Gasteiger partial charge in [-0.3, -0.25) is 24.2 Å². The lowest BCUT2D eigenvalue weighted by molar-refractivity contribution is -0.127. The fourth-order valence-corrected chi connectivity index (χ4v) is 7.56. The number of furan rings is 1. The van der Waals surface area contributed by atoms with Gasteiger partial charge < -0.3 is 25.5 Å². The first-order chi connectivity index (χ1) is 20.0. The molecule has 0 bridgehead atoms. The Hall–Kier alpha value is -3.96. The van der Waals surface area contributed by atoms with E-state index in [4.69, 9.17) is 10.2 Å². The van der Waals surface area contributed by atoms with E-state index in [2.05, 4.69) is 0 Å². The predicted octanol–water partition coefficient (Wildman–Crippen LogP) is 3.20. The number of aromatic hydroxyl groups is 1. The molecule has 11 heteroatoms. The minimum Gasteiger partial charge on any atom is -0.511 e. The second kappa shape index (κ2) is 10.4. The number of allylic oxidation sites excluding steroid dienone is 2. The number of amides is 1. The zero-order chi connectivity index (χ0) is 30.0. The first-order valence-electron chi connectivity index (χ1n) is 14.2. The van der Waals surface area contributed by atoms with E-state index in [0.29, 0.717) is 36.4 Å². The number of aliphatic hydroxyl groups is 2. The Kier molecular flexibility index (Phi) is 6.97. The number of fused-ring (bicyclic) bond motifs is 3. The van der Waals surface area contributed by atoms with Crippen LogP contribution in [0.2, 0.25) is 0 Å². The Morgan fingerprint density at radius 2 is 1.93 bits per heavy atom. The zero-order valence-electron chi connectivity index (χ0n) is 23.5. The number of aliphatic hydroxyl groups excluding tert-OH is 2. The predicted molar refractivity (Wildman–Crippen MR) is 149 cm³/mol. The summed E-state index contributed by atoms with van der Waals surface area (Å²) in [6, 6.07) is 4.13. The van der Waals surface area contributed by atoms with Gasteiger partial charge in [0.2, 0.25) is 0 Å². The molecule has 1 amide bonds. The van der Waals surface area contributed by atoms with E-state index >= 15 is 0 Å². The van der Waals surface area contributed by atoms with Crippen molar-refractivity contribution in [3.05, 3.63) is 63.8 Å². The van der Waals surface area contributed by atoms with Crippen LogP contribution in [0.15, 0.2) is 51.5 Å². The molecule has 1 aromatic heterocycles. The number of likely N-dealkylation sites (N-methyl/N-ethyl adjacent to an activating group) is 1. The average Bonchev–Trinajstić information content (AvgIpc) is 3.35. The summed E-state index contributed by atoms with van der Waals surface area (Å²) in [5.74, 6) is -5.56. The van der Waals surface area contributed by atoms with Crippen LogP contribution in [0.3, 0.4) is 0 Å². The van der Waals surface area contributed by atoms with E-state index in [9.17, 15) is 34.1 Å². The first kappa shape index (κ1) is 28.2. The monoisotopic (exact) mass is 579 g/mol. The fourth-order valence-electron chi connectivity index (χ4n) is 7.56. The molecule has 42 heavy (non-hydrogen) atoms. The SMILES string of the molecule is CN(C)C1C(O)=C(C(N)=O)C(=O)C2C(O)=C3C(=O)c4c(O)ccc(-c5occc5CN5CCCC(F)C5)c4CC3CC21. The number of phenolic OH excluding ortho intramolecular Hbond substituents is 1. The highest BCUT2D eigenvalue weighted by Gasteiger charge is 2.54. The number of benzene rings is 1. The van der Waals surface area contributed by atoms with Crippen LogP contribution in [0.1, 0.15) is 40.7 Å². The number of primary amides is 1. The zero-order valence-corrected chi connectivity index (χ0v) is 23.5. The molecule has 3 aliphatic carbocycles. The molecule has 5 atom stereocenters. The van der Waals surface area contributed by atoms with E-state index < -0.39 is 64.5 Å². The molecule has 2 heterocycles. The molecule has 4 aliphatic rings. The Morgan fingerprint density at radius 3 is 2.62 bits per heavy atom. The van der Waals surface area contributed by atoms with Crippen LogP contribution in [0.25, 0.3) is 11.3 Å². The van der Waals surface area contributed by atoms with Gasteiger partial charge in [0.25, 0.3) is 5.91 Å². The van der Waals surface area contributed by atoms with Crippen molar-refractivity contribution in [2.45, 2.75) is 44.4 Å². The number of nitrogens with zero attached hydrogens (tertiary/aromatic N) is 2. The highest BCUT2D eigenvalue weighted by molar-refractivity contribution is 6.22. The summed E-state index contributed by atoms with van der Waals surface area (Å²) in [5, 5.41) is 33.3. The number of alkyl halides is 1. The summed E-state index contributed by atoms with van der Waals surface area (Å²) in [6.45, 7) is 1.56. The van der Waals surface area contributed by atoms with Gasteiger partial charge in [0.1, 0.15) is 34.8 Å². The van der Waals surface area contributed by atoms with E-state index in [-0.39, 0.29) is 29.7 Å². The lowest BCUT2D eigenvalue weighted by Crippen LogP contribution is -2.53. The molecule has 1 aliphatic heterocycles. The third-order valence-corrected chi connectivity index (χ3v) is 9.28. The molecule has 1 aromatic carbocycles. The van der Waals surface area contributed by atoms with Crippen LogP contribution >= 0.6 is 0 Å². The second-order valence-corrected chi connectivity index (χ2v) is 12.0. The number of carbonyl (C=O) groups excluding carboxylic acids is 3. The molecule has 222 valence electrons. The third kappa shape index (κ3) is 4.33. The molecule has 5 unspecified atom stereocenters. The van der Waals surface area contributed by atoms with Crippen molar-refractivity contribution in [2.24, 2.45) is 23.5 Å². The summed E-state index contributed by atoms with van der Waals surface area (Å²) in [7, 11) is 3.37. The van der Waals surface area contributed by atoms with Crippen molar-refractivity contribution in [3.63, 3.8) is 0 Å². The van der Waals surface area contributed by atoms with Crippen LogP contribution < -0.4 is 5.73 Å². The van der Waals surface area contributed by atoms with Crippen LogP contribution in [0.4, 0.5) is 4.39 Å². The molecule has 1 fully saturated rings. The van der Waals surface area contributed by atoms with Crippen LogP contribution in [-0.4, -0.2) is 82.0 Å². The third-order valence-electron chi connectivity index (χ3n) is 9.28. The standard InChI is InChI=1S/C31H34FN3O7/c1-34(2)25-19-11-15-10-18-17(30-14(7-9-42-30)12-35-8-3-4-16(32)13-35)5-6-20(36)22(18)26(37)21(15)27(38)23(19)28(39)24(29(25)40)31(33)41/h5-7,9,15-16,19,23,25,36,38,40H,3-4,8,10-13H2,1-2H3,(H2,33,41). The van der Waals surface area contributed by atoms with Crippen LogP contribution in [0, 0.1) is 17.8 Å². The average molecular weight is 580 g/mol. The fraction of sp³-hybridized carbons (Fsp3) is 0.452. The van der Waals surface area contributed by atoms with Crippen molar-refractivity contribution >= 4 is 17.5 Å². The van der Waals surface area contributed by atoms with E-state index in [1.165, 1.54) is 6.07 Å². The van der Waals surface area contributed by atoms with E-state index in [0.717, 1.165) is 18.5 Å². The minimum absolute atomic E-state index is 0.0221. The molecule has 0 saturated carbocycles. The summed E-state index contributed by atoms with van der Waals surface area (Å²) < 4.78 is 20.0. The molecular formula is C31H34FN3O7. The molecule has 0 radical (unpaired) electrons. The number of halogens is 1. The highest BCUT2D eigenvalue weighted by atomic mass is 19.1. The van der Waals surface area contributed by atoms with Gasteiger partial charge in [-0.05, 0) is 81.9 Å². The summed E-state index contributed by atoms with van der Waals surface area (Å²) >= 11 is 0. The topological polar surface area (TPSA) is 158 Å². The number of hydrogen-bond donors (Lipinski definition) is 4. The number of nitrogens with two attached hydrogens (primary N) is 1. The molecule has 10 nitrogen and oxygen atoms in total. The van der Waals surface area contributed by atoms with Gasteiger partial charge in [0, 0.05) is 29.8 Å². The number of rotatable bonds is 5.